The average molecular weight is 309 g/mol. The highest BCUT2D eigenvalue weighted by molar-refractivity contribution is 7.89. The van der Waals surface area contributed by atoms with Gasteiger partial charge in [0, 0.05) is 19.4 Å². The second kappa shape index (κ2) is 5.66. The number of hydrogen-bond donors (Lipinski definition) is 2. The van der Waals surface area contributed by atoms with Crippen LogP contribution in [0.3, 0.4) is 0 Å². The largest absolute Gasteiger partial charge is 0.477 e. The third-order valence-corrected chi connectivity index (χ3v) is 4.48. The lowest BCUT2D eigenvalue weighted by atomic mass is 10.2. The van der Waals surface area contributed by atoms with Crippen molar-refractivity contribution in [3.63, 3.8) is 0 Å². The molecule has 0 aromatic carbocycles. The molecule has 0 saturated heterocycles. The van der Waals surface area contributed by atoms with Crippen molar-refractivity contribution in [2.45, 2.75) is 17.9 Å². The van der Waals surface area contributed by atoms with Gasteiger partial charge in [-0.3, -0.25) is 4.98 Å². The van der Waals surface area contributed by atoms with Crippen LogP contribution < -0.4 is 4.72 Å². The van der Waals surface area contributed by atoms with Gasteiger partial charge in [-0.2, -0.15) is 0 Å². The van der Waals surface area contributed by atoms with Crippen LogP contribution in [-0.4, -0.2) is 29.0 Å². The maximum absolute atomic E-state index is 12.3. The molecule has 21 heavy (non-hydrogen) atoms. The van der Waals surface area contributed by atoms with E-state index in [0.717, 1.165) is 6.07 Å². The monoisotopic (exact) mass is 309 g/mol. The standard InChI is InChI=1S/C13H15N3O4S/c1-9(11-5-3-4-6-14-11)15-21(19,20)10-7-12(13(17)18)16(2)8-10/h3-9,15H,1-2H3,(H,17,18)/t9-/m1/s1. The van der Waals surface area contributed by atoms with Crippen LogP contribution in [0.2, 0.25) is 0 Å². The number of aryl methyl sites for hydroxylation is 1. The summed E-state index contributed by atoms with van der Waals surface area (Å²) in [4.78, 5) is 14.9. The van der Waals surface area contributed by atoms with E-state index in [1.54, 1.807) is 31.3 Å². The lowest BCUT2D eigenvalue weighted by molar-refractivity contribution is 0.0686. The van der Waals surface area contributed by atoms with E-state index in [2.05, 4.69) is 9.71 Å². The first-order valence-electron chi connectivity index (χ1n) is 6.14. The predicted octanol–water partition coefficient (Wildman–Crippen LogP) is 1.16. The van der Waals surface area contributed by atoms with Gasteiger partial charge in [0.05, 0.1) is 11.7 Å². The Balaban J connectivity index is 2.27. The van der Waals surface area contributed by atoms with Gasteiger partial charge in [-0.05, 0) is 25.1 Å². The number of hydrogen-bond acceptors (Lipinski definition) is 4. The second-order valence-electron chi connectivity index (χ2n) is 4.57. The number of aromatic nitrogens is 2. The minimum Gasteiger partial charge on any atom is -0.477 e. The average Bonchev–Trinajstić information content (AvgIpc) is 2.82. The van der Waals surface area contributed by atoms with Crippen molar-refractivity contribution >= 4 is 16.0 Å². The van der Waals surface area contributed by atoms with Crippen LogP contribution in [0.25, 0.3) is 0 Å². The number of carboxylic acid groups (broad SMARTS) is 1. The van der Waals surface area contributed by atoms with Crippen molar-refractivity contribution in [1.82, 2.24) is 14.3 Å². The summed E-state index contributed by atoms with van der Waals surface area (Å²) >= 11 is 0. The number of nitrogens with one attached hydrogen (secondary N) is 1. The summed E-state index contributed by atoms with van der Waals surface area (Å²) < 4.78 is 28.2. The van der Waals surface area contributed by atoms with Gasteiger partial charge in [-0.1, -0.05) is 6.07 Å². The lowest BCUT2D eigenvalue weighted by Gasteiger charge is -2.12. The Labute approximate surface area is 122 Å². The van der Waals surface area contributed by atoms with E-state index in [0.29, 0.717) is 5.69 Å². The van der Waals surface area contributed by atoms with E-state index in [1.807, 2.05) is 0 Å². The molecule has 2 aromatic heterocycles. The lowest BCUT2D eigenvalue weighted by Crippen LogP contribution is -2.27. The Morgan fingerprint density at radius 2 is 2.14 bits per heavy atom. The molecule has 0 aliphatic heterocycles. The van der Waals surface area contributed by atoms with E-state index < -0.39 is 22.0 Å². The number of carbonyl (C=O) groups is 1. The van der Waals surface area contributed by atoms with Crippen LogP contribution in [0.5, 0.6) is 0 Å². The van der Waals surface area contributed by atoms with Gasteiger partial charge in [0.15, 0.2) is 0 Å². The second-order valence-corrected chi connectivity index (χ2v) is 6.29. The van der Waals surface area contributed by atoms with Crippen molar-refractivity contribution in [2.24, 2.45) is 7.05 Å². The minimum atomic E-state index is -3.82. The first kappa shape index (κ1) is 15.2. The molecule has 112 valence electrons. The van der Waals surface area contributed by atoms with Crippen LogP contribution in [-0.2, 0) is 17.1 Å². The highest BCUT2D eigenvalue weighted by Gasteiger charge is 2.22. The van der Waals surface area contributed by atoms with Gasteiger partial charge >= 0.3 is 5.97 Å². The first-order chi connectivity index (χ1) is 9.81. The summed E-state index contributed by atoms with van der Waals surface area (Å²) in [7, 11) is -2.34. The van der Waals surface area contributed by atoms with Gasteiger partial charge in [0.1, 0.15) is 10.6 Å². The number of carboxylic acids is 1. The number of sulfonamides is 1. The fourth-order valence-corrected chi connectivity index (χ4v) is 3.17. The van der Waals surface area contributed by atoms with Gasteiger partial charge in [0.2, 0.25) is 10.0 Å². The summed E-state index contributed by atoms with van der Waals surface area (Å²) in [6.07, 6.45) is 2.84. The first-order valence-corrected chi connectivity index (χ1v) is 7.62. The SMILES string of the molecule is C[C@@H](NS(=O)(=O)c1cc(C(=O)O)n(C)c1)c1ccccn1. The molecule has 0 amide bonds. The third-order valence-electron chi connectivity index (χ3n) is 2.97. The zero-order valence-corrected chi connectivity index (χ0v) is 12.3. The molecule has 0 aliphatic rings. The molecule has 0 unspecified atom stereocenters. The molecule has 2 heterocycles. The molecule has 0 aliphatic carbocycles. The smallest absolute Gasteiger partial charge is 0.352 e. The number of aromatic carboxylic acids is 1. The highest BCUT2D eigenvalue weighted by atomic mass is 32.2. The fraction of sp³-hybridized carbons (Fsp3) is 0.231. The van der Waals surface area contributed by atoms with E-state index >= 15 is 0 Å². The molecule has 0 spiro atoms. The Hall–Kier alpha value is -2.19. The van der Waals surface area contributed by atoms with Gasteiger partial charge in [-0.15, -0.1) is 0 Å². The predicted molar refractivity (Wildman–Crippen MR) is 75.3 cm³/mol. The van der Waals surface area contributed by atoms with Crippen molar-refractivity contribution in [3.8, 4) is 0 Å². The molecule has 8 heteroatoms. The molecule has 2 aromatic rings. The fourth-order valence-electron chi connectivity index (χ4n) is 1.89. The van der Waals surface area contributed by atoms with Crippen LogP contribution >= 0.6 is 0 Å². The summed E-state index contributed by atoms with van der Waals surface area (Å²) in [5, 5.41) is 8.96. The molecule has 1 atom stereocenters. The Kier molecular flexibility index (Phi) is 4.10. The molecular formula is C13H15N3O4S. The quantitative estimate of drug-likeness (QED) is 0.863. The summed E-state index contributed by atoms with van der Waals surface area (Å²) in [5.74, 6) is -1.18. The minimum absolute atomic E-state index is 0.0924. The number of pyridine rings is 1. The zero-order valence-electron chi connectivity index (χ0n) is 11.5. The molecule has 7 nitrogen and oxygen atoms in total. The van der Waals surface area contributed by atoms with Crippen LogP contribution in [0.1, 0.15) is 29.1 Å². The summed E-state index contributed by atoms with van der Waals surface area (Å²) in [6.45, 7) is 1.67. The normalized spacial score (nSPS) is 13.0. The summed E-state index contributed by atoms with van der Waals surface area (Å²) in [6, 6.07) is 5.81. The maximum Gasteiger partial charge on any atom is 0.352 e. The maximum atomic E-state index is 12.3. The molecule has 0 radical (unpaired) electrons. The third kappa shape index (κ3) is 3.29. The van der Waals surface area contributed by atoms with Gasteiger partial charge in [-0.25, -0.2) is 17.9 Å². The van der Waals surface area contributed by atoms with Gasteiger partial charge < -0.3 is 9.67 Å². The molecule has 0 bridgehead atoms. The van der Waals surface area contributed by atoms with Crippen LogP contribution in [0.15, 0.2) is 41.6 Å². The Bertz CT molecular complexity index is 753. The van der Waals surface area contributed by atoms with Crippen LogP contribution in [0.4, 0.5) is 0 Å². The zero-order chi connectivity index (χ0) is 15.6. The molecule has 0 fully saturated rings. The van der Waals surface area contributed by atoms with Crippen molar-refractivity contribution in [2.75, 3.05) is 0 Å². The van der Waals surface area contributed by atoms with E-state index in [9.17, 15) is 13.2 Å². The molecule has 0 saturated carbocycles. The highest BCUT2D eigenvalue weighted by Crippen LogP contribution is 2.17. The van der Waals surface area contributed by atoms with Crippen molar-refractivity contribution in [1.29, 1.82) is 0 Å². The number of nitrogens with zero attached hydrogens (tertiary/aromatic N) is 2. The Morgan fingerprint density at radius 3 is 2.67 bits per heavy atom. The van der Waals surface area contributed by atoms with E-state index in [4.69, 9.17) is 5.11 Å². The summed E-state index contributed by atoms with van der Waals surface area (Å²) in [5.41, 5.74) is 0.483. The van der Waals surface area contributed by atoms with Crippen molar-refractivity contribution < 1.29 is 18.3 Å². The molecule has 2 rings (SSSR count). The van der Waals surface area contributed by atoms with E-state index in [-0.39, 0.29) is 10.6 Å². The van der Waals surface area contributed by atoms with Crippen molar-refractivity contribution in [3.05, 3.63) is 48.0 Å². The van der Waals surface area contributed by atoms with Gasteiger partial charge in [0.25, 0.3) is 0 Å². The van der Waals surface area contributed by atoms with Crippen LogP contribution in [0, 0.1) is 0 Å². The topological polar surface area (TPSA) is 101 Å². The molecule has 2 N–H and O–H groups in total. The Morgan fingerprint density at radius 1 is 1.43 bits per heavy atom. The number of rotatable bonds is 5. The molecular weight excluding hydrogens is 294 g/mol. The van der Waals surface area contributed by atoms with E-state index in [1.165, 1.54) is 17.8 Å².